The maximum Gasteiger partial charge on any atom is 0.339 e. The lowest BCUT2D eigenvalue weighted by atomic mass is 10.1. The van der Waals surface area contributed by atoms with Crippen LogP contribution in [0.2, 0.25) is 0 Å². The Labute approximate surface area is 114 Å². The first-order chi connectivity index (χ1) is 9.15. The van der Waals surface area contributed by atoms with Gasteiger partial charge in [0.15, 0.2) is 0 Å². The zero-order valence-electron chi connectivity index (χ0n) is 11.6. The van der Waals surface area contributed by atoms with Crippen LogP contribution in [0.15, 0.2) is 18.2 Å². The number of methoxy groups -OCH3 is 1. The van der Waals surface area contributed by atoms with Crippen LogP contribution in [0.4, 0.5) is 0 Å². The second-order valence-corrected chi connectivity index (χ2v) is 5.01. The lowest BCUT2D eigenvalue weighted by Gasteiger charge is -2.23. The summed E-state index contributed by atoms with van der Waals surface area (Å²) in [5.41, 5.74) is 1.34. The molecule has 4 heteroatoms. The van der Waals surface area contributed by atoms with E-state index in [2.05, 4.69) is 11.8 Å². The van der Waals surface area contributed by atoms with Gasteiger partial charge in [0, 0.05) is 12.6 Å². The molecule has 1 unspecified atom stereocenters. The maximum absolute atomic E-state index is 11.0. The number of carbonyl (C=O) groups is 1. The van der Waals surface area contributed by atoms with Gasteiger partial charge in [0.1, 0.15) is 11.3 Å². The van der Waals surface area contributed by atoms with Crippen LogP contribution in [0.3, 0.4) is 0 Å². The number of aromatic carboxylic acids is 1. The fourth-order valence-corrected chi connectivity index (χ4v) is 2.81. The molecule has 0 saturated carbocycles. The monoisotopic (exact) mass is 263 g/mol. The SMILES string of the molecule is CCC1CCCN1Cc1ccc(C(=O)O)c(OC)c1. The Hall–Kier alpha value is -1.55. The van der Waals surface area contributed by atoms with E-state index >= 15 is 0 Å². The minimum atomic E-state index is -0.948. The molecule has 104 valence electrons. The number of nitrogens with zero attached hydrogens (tertiary/aromatic N) is 1. The Morgan fingerprint density at radius 1 is 1.53 bits per heavy atom. The Bertz CT molecular complexity index is 459. The Kier molecular flexibility index (Phi) is 4.43. The van der Waals surface area contributed by atoms with E-state index in [4.69, 9.17) is 9.84 Å². The number of hydrogen-bond donors (Lipinski definition) is 1. The van der Waals surface area contributed by atoms with Gasteiger partial charge in [0.05, 0.1) is 7.11 Å². The predicted molar refractivity (Wildman–Crippen MR) is 73.7 cm³/mol. The third kappa shape index (κ3) is 3.07. The molecule has 1 aromatic carbocycles. The first-order valence-electron chi connectivity index (χ1n) is 6.80. The highest BCUT2D eigenvalue weighted by atomic mass is 16.5. The number of ether oxygens (including phenoxy) is 1. The van der Waals surface area contributed by atoms with Crippen molar-refractivity contribution >= 4 is 5.97 Å². The van der Waals surface area contributed by atoms with Gasteiger partial charge in [-0.3, -0.25) is 4.90 Å². The molecule has 0 aromatic heterocycles. The summed E-state index contributed by atoms with van der Waals surface area (Å²) >= 11 is 0. The fourth-order valence-electron chi connectivity index (χ4n) is 2.81. The van der Waals surface area contributed by atoms with E-state index in [1.165, 1.54) is 26.4 Å². The Balaban J connectivity index is 2.15. The van der Waals surface area contributed by atoms with Crippen LogP contribution in [-0.4, -0.2) is 35.7 Å². The largest absolute Gasteiger partial charge is 0.496 e. The smallest absolute Gasteiger partial charge is 0.339 e. The molecule has 0 bridgehead atoms. The highest BCUT2D eigenvalue weighted by molar-refractivity contribution is 5.90. The molecule has 1 N–H and O–H groups in total. The van der Waals surface area contributed by atoms with Gasteiger partial charge in [-0.2, -0.15) is 0 Å². The van der Waals surface area contributed by atoms with Gasteiger partial charge in [-0.1, -0.05) is 13.0 Å². The maximum atomic E-state index is 11.0. The first kappa shape index (κ1) is 13.9. The van der Waals surface area contributed by atoms with E-state index in [1.54, 1.807) is 6.07 Å². The van der Waals surface area contributed by atoms with Crippen molar-refractivity contribution in [2.24, 2.45) is 0 Å². The fraction of sp³-hybridized carbons (Fsp3) is 0.533. The molecule has 1 atom stereocenters. The lowest BCUT2D eigenvalue weighted by Crippen LogP contribution is -2.28. The number of benzene rings is 1. The van der Waals surface area contributed by atoms with E-state index in [9.17, 15) is 4.79 Å². The van der Waals surface area contributed by atoms with Gasteiger partial charge >= 0.3 is 5.97 Å². The zero-order chi connectivity index (χ0) is 13.8. The van der Waals surface area contributed by atoms with E-state index in [1.807, 2.05) is 12.1 Å². The molecule has 4 nitrogen and oxygen atoms in total. The third-order valence-corrected chi connectivity index (χ3v) is 3.85. The average Bonchev–Trinajstić information content (AvgIpc) is 2.85. The molecular formula is C15H21NO3. The molecule has 0 radical (unpaired) electrons. The van der Waals surface area contributed by atoms with Crippen molar-refractivity contribution in [1.29, 1.82) is 0 Å². The van der Waals surface area contributed by atoms with Crippen molar-refractivity contribution in [3.63, 3.8) is 0 Å². The predicted octanol–water partition coefficient (Wildman–Crippen LogP) is 2.77. The Morgan fingerprint density at radius 3 is 2.95 bits per heavy atom. The molecule has 1 fully saturated rings. The lowest BCUT2D eigenvalue weighted by molar-refractivity contribution is 0.0693. The third-order valence-electron chi connectivity index (χ3n) is 3.85. The minimum Gasteiger partial charge on any atom is -0.496 e. The number of likely N-dealkylation sites (tertiary alicyclic amines) is 1. The van der Waals surface area contributed by atoms with E-state index < -0.39 is 5.97 Å². The number of carboxylic acid groups (broad SMARTS) is 1. The van der Waals surface area contributed by atoms with Gasteiger partial charge in [-0.15, -0.1) is 0 Å². The summed E-state index contributed by atoms with van der Waals surface area (Å²) in [4.78, 5) is 13.5. The molecule has 1 aliphatic rings. The molecule has 0 aliphatic carbocycles. The second-order valence-electron chi connectivity index (χ2n) is 5.01. The minimum absolute atomic E-state index is 0.222. The van der Waals surface area contributed by atoms with Crippen molar-refractivity contribution in [3.05, 3.63) is 29.3 Å². The molecule has 0 amide bonds. The van der Waals surface area contributed by atoms with Gasteiger partial charge in [0.2, 0.25) is 0 Å². The molecule has 1 heterocycles. The zero-order valence-corrected chi connectivity index (χ0v) is 11.6. The van der Waals surface area contributed by atoms with E-state index in [-0.39, 0.29) is 5.56 Å². The van der Waals surface area contributed by atoms with Gasteiger partial charge in [-0.25, -0.2) is 4.79 Å². The molecule has 1 aliphatic heterocycles. The molecule has 1 saturated heterocycles. The quantitative estimate of drug-likeness (QED) is 0.887. The van der Waals surface area contributed by atoms with Crippen LogP contribution >= 0.6 is 0 Å². The van der Waals surface area contributed by atoms with Crippen molar-refractivity contribution in [1.82, 2.24) is 4.90 Å². The number of hydrogen-bond acceptors (Lipinski definition) is 3. The molecule has 0 spiro atoms. The van der Waals surface area contributed by atoms with Crippen LogP contribution in [0.1, 0.15) is 42.1 Å². The highest BCUT2D eigenvalue weighted by Crippen LogP contribution is 2.25. The van der Waals surface area contributed by atoms with Crippen LogP contribution in [0.5, 0.6) is 5.75 Å². The number of rotatable bonds is 5. The van der Waals surface area contributed by atoms with Crippen molar-refractivity contribution < 1.29 is 14.6 Å². The summed E-state index contributed by atoms with van der Waals surface area (Å²) in [5, 5.41) is 9.06. The normalized spacial score (nSPS) is 19.6. The number of carboxylic acids is 1. The summed E-state index contributed by atoms with van der Waals surface area (Å²) in [6.45, 7) is 4.22. The first-order valence-corrected chi connectivity index (χ1v) is 6.80. The van der Waals surface area contributed by atoms with Crippen LogP contribution < -0.4 is 4.74 Å². The highest BCUT2D eigenvalue weighted by Gasteiger charge is 2.23. The summed E-state index contributed by atoms with van der Waals surface area (Å²) in [6.07, 6.45) is 3.69. The van der Waals surface area contributed by atoms with Gasteiger partial charge < -0.3 is 9.84 Å². The van der Waals surface area contributed by atoms with Crippen molar-refractivity contribution in [3.8, 4) is 5.75 Å². The Morgan fingerprint density at radius 2 is 2.32 bits per heavy atom. The van der Waals surface area contributed by atoms with Gasteiger partial charge in [0.25, 0.3) is 0 Å². The molecule has 2 rings (SSSR count). The van der Waals surface area contributed by atoms with Crippen molar-refractivity contribution in [2.45, 2.75) is 38.8 Å². The molecule has 19 heavy (non-hydrogen) atoms. The summed E-state index contributed by atoms with van der Waals surface area (Å²) in [6, 6.07) is 6.02. The van der Waals surface area contributed by atoms with E-state index in [0.29, 0.717) is 11.8 Å². The summed E-state index contributed by atoms with van der Waals surface area (Å²) < 4.78 is 5.17. The molecule has 1 aromatic rings. The van der Waals surface area contributed by atoms with Crippen LogP contribution in [0, 0.1) is 0 Å². The average molecular weight is 263 g/mol. The van der Waals surface area contributed by atoms with Crippen LogP contribution in [0.25, 0.3) is 0 Å². The standard InChI is InChI=1S/C15H21NO3/c1-3-12-5-4-8-16(12)10-11-6-7-13(15(17)18)14(9-11)19-2/h6-7,9,12H,3-5,8,10H2,1-2H3,(H,17,18). The molecular weight excluding hydrogens is 242 g/mol. The summed E-state index contributed by atoms with van der Waals surface area (Å²) in [7, 11) is 1.51. The second kappa shape index (κ2) is 6.06. The van der Waals surface area contributed by atoms with Gasteiger partial charge in [-0.05, 0) is 43.5 Å². The van der Waals surface area contributed by atoms with Crippen LogP contribution in [-0.2, 0) is 6.54 Å². The topological polar surface area (TPSA) is 49.8 Å². The van der Waals surface area contributed by atoms with E-state index in [0.717, 1.165) is 18.7 Å². The van der Waals surface area contributed by atoms with Crippen molar-refractivity contribution in [2.75, 3.05) is 13.7 Å². The summed E-state index contributed by atoms with van der Waals surface area (Å²) in [5.74, 6) is -0.506.